The molecule has 1 saturated carbocycles. The molecule has 1 saturated heterocycles. The molecule has 1 aliphatic carbocycles. The Morgan fingerprint density at radius 2 is 2.22 bits per heavy atom. The summed E-state index contributed by atoms with van der Waals surface area (Å²) in [4.78, 5) is 4.32. The van der Waals surface area contributed by atoms with E-state index in [1.54, 1.807) is 0 Å². The molecule has 2 rings (SSSR count). The minimum atomic E-state index is 0.212. The number of aliphatic imine (C=N–C) groups is 1. The predicted molar refractivity (Wildman–Crippen MR) is 74.8 cm³/mol. The zero-order chi connectivity index (χ0) is 13.2. The molecule has 4 nitrogen and oxygen atoms in total. The van der Waals surface area contributed by atoms with E-state index in [1.807, 2.05) is 7.05 Å². The first-order chi connectivity index (χ1) is 8.61. The molecule has 2 N–H and O–H groups in total. The molecule has 0 bridgehead atoms. The van der Waals surface area contributed by atoms with Crippen LogP contribution in [0.2, 0.25) is 0 Å². The lowest BCUT2D eigenvalue weighted by Gasteiger charge is -2.54. The summed E-state index contributed by atoms with van der Waals surface area (Å²) >= 11 is 0. The smallest absolute Gasteiger partial charge is 0.191 e. The second kappa shape index (κ2) is 5.47. The van der Waals surface area contributed by atoms with Crippen LogP contribution in [-0.4, -0.2) is 38.3 Å². The predicted octanol–water partition coefficient (Wildman–Crippen LogP) is 1.77. The zero-order valence-corrected chi connectivity index (χ0v) is 12.1. The molecule has 0 aromatic heterocycles. The van der Waals surface area contributed by atoms with Crippen molar-refractivity contribution in [2.75, 3.05) is 20.2 Å². The normalized spacial score (nSPS) is 33.8. The van der Waals surface area contributed by atoms with Crippen molar-refractivity contribution in [3.8, 4) is 0 Å². The number of nitrogens with zero attached hydrogens (tertiary/aromatic N) is 1. The van der Waals surface area contributed by atoms with Gasteiger partial charge in [-0.1, -0.05) is 27.2 Å². The van der Waals surface area contributed by atoms with E-state index >= 15 is 0 Å². The molecule has 4 heteroatoms. The first-order valence-electron chi connectivity index (χ1n) is 7.20. The Morgan fingerprint density at radius 1 is 1.44 bits per heavy atom. The molecule has 2 fully saturated rings. The monoisotopic (exact) mass is 253 g/mol. The van der Waals surface area contributed by atoms with E-state index < -0.39 is 0 Å². The Morgan fingerprint density at radius 3 is 2.89 bits per heavy atom. The molecule has 0 amide bonds. The van der Waals surface area contributed by atoms with Crippen LogP contribution in [0.15, 0.2) is 4.99 Å². The summed E-state index contributed by atoms with van der Waals surface area (Å²) in [6, 6.07) is 0.484. The van der Waals surface area contributed by atoms with E-state index in [-0.39, 0.29) is 5.41 Å². The molecule has 1 heterocycles. The molecule has 1 aliphatic heterocycles. The highest BCUT2D eigenvalue weighted by atomic mass is 16.5. The van der Waals surface area contributed by atoms with Gasteiger partial charge in [0.25, 0.3) is 0 Å². The van der Waals surface area contributed by atoms with Gasteiger partial charge >= 0.3 is 0 Å². The third-order valence-corrected chi connectivity index (χ3v) is 4.44. The van der Waals surface area contributed by atoms with Crippen LogP contribution in [0.1, 0.15) is 40.0 Å². The van der Waals surface area contributed by atoms with Crippen LogP contribution in [0.25, 0.3) is 0 Å². The van der Waals surface area contributed by atoms with E-state index in [0.717, 1.165) is 19.1 Å². The average molecular weight is 253 g/mol. The zero-order valence-electron chi connectivity index (χ0n) is 12.1. The van der Waals surface area contributed by atoms with Crippen LogP contribution in [-0.2, 0) is 4.74 Å². The van der Waals surface area contributed by atoms with Crippen molar-refractivity contribution in [3.63, 3.8) is 0 Å². The summed E-state index contributed by atoms with van der Waals surface area (Å²) in [5.41, 5.74) is 0.212. The Kier molecular flexibility index (Phi) is 4.15. The van der Waals surface area contributed by atoms with Crippen molar-refractivity contribution in [1.29, 1.82) is 0 Å². The van der Waals surface area contributed by atoms with Gasteiger partial charge in [0.2, 0.25) is 0 Å². The van der Waals surface area contributed by atoms with E-state index in [2.05, 4.69) is 36.4 Å². The summed E-state index contributed by atoms with van der Waals surface area (Å²) in [5, 5.41) is 6.97. The quantitative estimate of drug-likeness (QED) is 0.456. The number of unbranched alkanes of at least 4 members (excludes halogenated alkanes) is 1. The van der Waals surface area contributed by atoms with Crippen molar-refractivity contribution in [1.82, 2.24) is 10.6 Å². The van der Waals surface area contributed by atoms with Gasteiger partial charge in [-0.05, 0) is 12.8 Å². The van der Waals surface area contributed by atoms with Gasteiger partial charge in [-0.15, -0.1) is 0 Å². The highest BCUT2D eigenvalue weighted by Gasteiger charge is 2.59. The molecule has 0 aromatic rings. The van der Waals surface area contributed by atoms with Crippen LogP contribution in [0.3, 0.4) is 0 Å². The largest absolute Gasteiger partial charge is 0.377 e. The van der Waals surface area contributed by atoms with Crippen LogP contribution in [0.4, 0.5) is 0 Å². The summed E-state index contributed by atoms with van der Waals surface area (Å²) in [6.45, 7) is 8.69. The highest BCUT2D eigenvalue weighted by Crippen LogP contribution is 2.51. The van der Waals surface area contributed by atoms with Crippen molar-refractivity contribution >= 4 is 5.96 Å². The molecule has 2 aliphatic rings. The number of hydrogen-bond donors (Lipinski definition) is 2. The second-order valence-corrected chi connectivity index (χ2v) is 6.04. The lowest BCUT2D eigenvalue weighted by Crippen LogP contribution is -2.67. The molecule has 0 radical (unpaired) electrons. The van der Waals surface area contributed by atoms with Gasteiger partial charge in [0.05, 0.1) is 6.10 Å². The lowest BCUT2D eigenvalue weighted by atomic mass is 9.57. The van der Waals surface area contributed by atoms with Crippen molar-refractivity contribution < 1.29 is 4.74 Å². The Balaban J connectivity index is 1.88. The molecule has 3 unspecified atom stereocenters. The Labute approximate surface area is 111 Å². The number of rotatable bonds is 4. The maximum absolute atomic E-state index is 5.81. The van der Waals surface area contributed by atoms with E-state index in [9.17, 15) is 0 Å². The number of hydrogen-bond acceptors (Lipinski definition) is 2. The van der Waals surface area contributed by atoms with E-state index in [4.69, 9.17) is 4.74 Å². The Hall–Kier alpha value is -0.770. The van der Waals surface area contributed by atoms with Crippen LogP contribution in [0, 0.1) is 11.3 Å². The first kappa shape index (κ1) is 13.7. The van der Waals surface area contributed by atoms with Crippen LogP contribution >= 0.6 is 0 Å². The second-order valence-electron chi connectivity index (χ2n) is 6.04. The topological polar surface area (TPSA) is 45.7 Å². The van der Waals surface area contributed by atoms with Gasteiger partial charge in [0.15, 0.2) is 5.96 Å². The summed E-state index contributed by atoms with van der Waals surface area (Å²) in [5.74, 6) is 1.59. The number of guanidine groups is 1. The molecule has 0 spiro atoms. The van der Waals surface area contributed by atoms with E-state index in [0.29, 0.717) is 18.1 Å². The maximum Gasteiger partial charge on any atom is 0.191 e. The van der Waals surface area contributed by atoms with Crippen LogP contribution in [0.5, 0.6) is 0 Å². The SMILES string of the molecule is CCCCNC(=NC)NC1C2CCOC2C1(C)C. The van der Waals surface area contributed by atoms with Gasteiger partial charge in [-0.25, -0.2) is 0 Å². The summed E-state index contributed by atoms with van der Waals surface area (Å²) in [7, 11) is 1.84. The lowest BCUT2D eigenvalue weighted by molar-refractivity contribution is -0.106. The van der Waals surface area contributed by atoms with Crippen molar-refractivity contribution in [3.05, 3.63) is 0 Å². The maximum atomic E-state index is 5.81. The summed E-state index contributed by atoms with van der Waals surface area (Å²) in [6.07, 6.45) is 4.00. The molecule has 0 aromatic carbocycles. The Bertz CT molecular complexity index is 314. The van der Waals surface area contributed by atoms with Gasteiger partial charge in [0, 0.05) is 37.6 Å². The third-order valence-electron chi connectivity index (χ3n) is 4.44. The third kappa shape index (κ3) is 2.35. The van der Waals surface area contributed by atoms with Crippen molar-refractivity contribution in [2.45, 2.75) is 52.2 Å². The molecule has 18 heavy (non-hydrogen) atoms. The van der Waals surface area contributed by atoms with Gasteiger partial charge < -0.3 is 15.4 Å². The minimum absolute atomic E-state index is 0.212. The minimum Gasteiger partial charge on any atom is -0.377 e. The fraction of sp³-hybridized carbons (Fsp3) is 0.929. The average Bonchev–Trinajstić information content (AvgIpc) is 2.80. The molecule has 3 atom stereocenters. The summed E-state index contributed by atoms with van der Waals surface area (Å²) < 4.78 is 5.81. The van der Waals surface area contributed by atoms with Gasteiger partial charge in [0.1, 0.15) is 0 Å². The van der Waals surface area contributed by atoms with Gasteiger partial charge in [-0.2, -0.15) is 0 Å². The van der Waals surface area contributed by atoms with Crippen molar-refractivity contribution in [2.24, 2.45) is 16.3 Å². The first-order valence-corrected chi connectivity index (χ1v) is 7.20. The molecular formula is C14H27N3O. The van der Waals surface area contributed by atoms with Crippen LogP contribution < -0.4 is 10.6 Å². The van der Waals surface area contributed by atoms with Gasteiger partial charge in [-0.3, -0.25) is 4.99 Å². The fourth-order valence-electron chi connectivity index (χ4n) is 3.34. The standard InChI is InChI=1S/C14H27N3O/c1-5-6-8-16-13(15-4)17-11-10-7-9-18-12(10)14(11,2)3/h10-12H,5-9H2,1-4H3,(H2,15,16,17). The number of nitrogens with one attached hydrogen (secondary N) is 2. The van der Waals surface area contributed by atoms with E-state index in [1.165, 1.54) is 19.3 Å². The molecule has 104 valence electrons. The fourth-order valence-corrected chi connectivity index (χ4v) is 3.34. The number of ether oxygens (including phenoxy) is 1. The number of fused-ring (bicyclic) bond motifs is 1. The highest BCUT2D eigenvalue weighted by molar-refractivity contribution is 5.80. The molecular weight excluding hydrogens is 226 g/mol.